The predicted molar refractivity (Wildman–Crippen MR) is 102 cm³/mol. The maximum atomic E-state index is 12.9. The number of carbonyl (C=O) groups excluding carboxylic acids is 1. The van der Waals surface area contributed by atoms with Gasteiger partial charge in [0.1, 0.15) is 0 Å². The number of benzene rings is 2. The van der Waals surface area contributed by atoms with Gasteiger partial charge in [0, 0.05) is 11.0 Å². The summed E-state index contributed by atoms with van der Waals surface area (Å²) in [6, 6.07) is 10.8. The zero-order valence-corrected chi connectivity index (χ0v) is 16.9. The SMILES string of the molecule is CCOC(=O)c1cc(N(CC)S(=O)(=O)c2ccc(Br)cc2)ccc1Cl. The summed E-state index contributed by atoms with van der Waals surface area (Å²) in [5.74, 6) is -0.591. The molecule has 0 aromatic heterocycles. The van der Waals surface area contributed by atoms with Crippen molar-refractivity contribution in [1.29, 1.82) is 0 Å². The van der Waals surface area contributed by atoms with Crippen LogP contribution in [-0.4, -0.2) is 27.5 Å². The monoisotopic (exact) mass is 445 g/mol. The molecule has 0 amide bonds. The lowest BCUT2D eigenvalue weighted by atomic mass is 10.2. The van der Waals surface area contributed by atoms with Gasteiger partial charge in [-0.3, -0.25) is 4.31 Å². The minimum atomic E-state index is -3.77. The maximum Gasteiger partial charge on any atom is 0.339 e. The van der Waals surface area contributed by atoms with E-state index in [4.69, 9.17) is 16.3 Å². The molecule has 0 aliphatic carbocycles. The molecule has 25 heavy (non-hydrogen) atoms. The maximum absolute atomic E-state index is 12.9. The molecule has 0 N–H and O–H groups in total. The first kappa shape index (κ1) is 19.8. The van der Waals surface area contributed by atoms with Gasteiger partial charge in [0.05, 0.1) is 27.8 Å². The van der Waals surface area contributed by atoms with Crippen molar-refractivity contribution in [3.63, 3.8) is 0 Å². The van der Waals surface area contributed by atoms with Crippen molar-refractivity contribution in [3.05, 3.63) is 57.5 Å². The number of anilines is 1. The van der Waals surface area contributed by atoms with Crippen LogP contribution in [0.15, 0.2) is 51.8 Å². The summed E-state index contributed by atoms with van der Waals surface area (Å²) in [5.41, 5.74) is 0.475. The second kappa shape index (κ2) is 8.21. The van der Waals surface area contributed by atoms with Crippen LogP contribution in [0.25, 0.3) is 0 Å². The van der Waals surface area contributed by atoms with Crippen molar-refractivity contribution >= 4 is 49.2 Å². The van der Waals surface area contributed by atoms with Gasteiger partial charge in [-0.15, -0.1) is 0 Å². The van der Waals surface area contributed by atoms with Crippen molar-refractivity contribution in [3.8, 4) is 0 Å². The van der Waals surface area contributed by atoms with E-state index >= 15 is 0 Å². The van der Waals surface area contributed by atoms with Crippen LogP contribution in [0.4, 0.5) is 5.69 Å². The molecule has 2 rings (SSSR count). The highest BCUT2D eigenvalue weighted by atomic mass is 79.9. The van der Waals surface area contributed by atoms with E-state index in [2.05, 4.69) is 15.9 Å². The van der Waals surface area contributed by atoms with Gasteiger partial charge in [-0.05, 0) is 56.3 Å². The fourth-order valence-electron chi connectivity index (χ4n) is 2.26. The van der Waals surface area contributed by atoms with E-state index in [1.807, 2.05) is 0 Å². The zero-order valence-electron chi connectivity index (χ0n) is 13.7. The number of ether oxygens (including phenoxy) is 1. The molecule has 134 valence electrons. The lowest BCUT2D eigenvalue weighted by Gasteiger charge is -2.23. The smallest absolute Gasteiger partial charge is 0.339 e. The molecule has 8 heteroatoms. The largest absolute Gasteiger partial charge is 0.462 e. The molecule has 0 unspecified atom stereocenters. The third kappa shape index (κ3) is 4.34. The average molecular weight is 447 g/mol. The van der Waals surface area contributed by atoms with Crippen LogP contribution in [-0.2, 0) is 14.8 Å². The van der Waals surface area contributed by atoms with E-state index in [0.29, 0.717) is 5.69 Å². The van der Waals surface area contributed by atoms with Crippen LogP contribution in [0.1, 0.15) is 24.2 Å². The Hall–Kier alpha value is -1.57. The molecule has 0 atom stereocenters. The van der Waals surface area contributed by atoms with Crippen molar-refractivity contribution < 1.29 is 17.9 Å². The first-order chi connectivity index (χ1) is 11.8. The number of rotatable bonds is 6. The Labute approximate surface area is 160 Å². The molecule has 0 heterocycles. The summed E-state index contributed by atoms with van der Waals surface area (Å²) in [5, 5.41) is 0.208. The van der Waals surface area contributed by atoms with Crippen molar-refractivity contribution in [2.24, 2.45) is 0 Å². The second-order valence-electron chi connectivity index (χ2n) is 5.01. The summed E-state index contributed by atoms with van der Waals surface area (Å²) in [7, 11) is -3.77. The normalized spacial score (nSPS) is 11.2. The Kier molecular flexibility index (Phi) is 6.48. The van der Waals surface area contributed by atoms with Crippen LogP contribution in [0, 0.1) is 0 Å². The molecular formula is C17H17BrClNO4S. The van der Waals surface area contributed by atoms with Crippen LogP contribution in [0.2, 0.25) is 5.02 Å². The second-order valence-corrected chi connectivity index (χ2v) is 8.19. The molecule has 2 aromatic carbocycles. The first-order valence-electron chi connectivity index (χ1n) is 7.56. The first-order valence-corrected chi connectivity index (χ1v) is 10.2. The summed E-state index contributed by atoms with van der Waals surface area (Å²) in [6.45, 7) is 3.80. The number of hydrogen-bond donors (Lipinski definition) is 0. The summed E-state index contributed by atoms with van der Waals surface area (Å²) < 4.78 is 32.8. The fraction of sp³-hybridized carbons (Fsp3) is 0.235. The highest BCUT2D eigenvalue weighted by molar-refractivity contribution is 9.10. The third-order valence-corrected chi connectivity index (χ3v) is 6.20. The summed E-state index contributed by atoms with van der Waals surface area (Å²) in [6.07, 6.45) is 0. The number of hydrogen-bond acceptors (Lipinski definition) is 4. The van der Waals surface area contributed by atoms with E-state index in [1.54, 1.807) is 32.0 Å². The van der Waals surface area contributed by atoms with Gasteiger partial charge in [0.15, 0.2) is 0 Å². The van der Waals surface area contributed by atoms with Crippen LogP contribution < -0.4 is 4.31 Å². The van der Waals surface area contributed by atoms with Crippen molar-refractivity contribution in [2.75, 3.05) is 17.5 Å². The summed E-state index contributed by atoms with van der Waals surface area (Å²) >= 11 is 9.33. The molecule has 0 saturated carbocycles. The number of esters is 1. The Balaban J connectivity index is 2.48. The number of sulfonamides is 1. The molecule has 0 fully saturated rings. The van der Waals surface area contributed by atoms with Crippen LogP contribution in [0.3, 0.4) is 0 Å². The highest BCUT2D eigenvalue weighted by Crippen LogP contribution is 2.28. The zero-order chi connectivity index (χ0) is 18.6. The number of carbonyl (C=O) groups is 1. The van der Waals surface area contributed by atoms with E-state index in [9.17, 15) is 13.2 Å². The fourth-order valence-corrected chi connectivity index (χ4v) is 4.18. The average Bonchev–Trinajstić information content (AvgIpc) is 2.57. The third-order valence-electron chi connectivity index (χ3n) is 3.42. The summed E-state index contributed by atoms with van der Waals surface area (Å²) in [4.78, 5) is 12.2. The van der Waals surface area contributed by atoms with E-state index in [-0.39, 0.29) is 28.6 Å². The molecule has 0 saturated heterocycles. The Morgan fingerprint density at radius 3 is 2.36 bits per heavy atom. The molecule has 0 aliphatic heterocycles. The Bertz CT molecular complexity index is 869. The minimum absolute atomic E-state index is 0.130. The van der Waals surface area contributed by atoms with Gasteiger partial charge in [0.25, 0.3) is 10.0 Å². The minimum Gasteiger partial charge on any atom is -0.462 e. The lowest BCUT2D eigenvalue weighted by Crippen LogP contribution is -2.31. The van der Waals surface area contributed by atoms with Gasteiger partial charge in [-0.2, -0.15) is 0 Å². The van der Waals surface area contributed by atoms with Crippen molar-refractivity contribution in [2.45, 2.75) is 18.7 Å². The molecule has 0 spiro atoms. The standard InChI is InChI=1S/C17H17BrClNO4S/c1-3-20(25(22,23)14-8-5-12(18)6-9-14)13-7-10-16(19)15(11-13)17(21)24-4-2/h5-11H,3-4H2,1-2H3. The quantitative estimate of drug-likeness (QED) is 0.613. The van der Waals surface area contributed by atoms with Gasteiger partial charge < -0.3 is 4.74 Å². The molecule has 5 nitrogen and oxygen atoms in total. The predicted octanol–water partition coefficient (Wildman–Crippen LogP) is 4.49. The Morgan fingerprint density at radius 1 is 1.16 bits per heavy atom. The van der Waals surface area contributed by atoms with Gasteiger partial charge in [-0.1, -0.05) is 27.5 Å². The highest BCUT2D eigenvalue weighted by Gasteiger charge is 2.25. The molecular weight excluding hydrogens is 430 g/mol. The van der Waals surface area contributed by atoms with E-state index in [1.165, 1.54) is 28.6 Å². The molecule has 2 aromatic rings. The topological polar surface area (TPSA) is 63.7 Å². The Morgan fingerprint density at radius 2 is 1.80 bits per heavy atom. The van der Waals surface area contributed by atoms with Gasteiger partial charge in [0.2, 0.25) is 0 Å². The van der Waals surface area contributed by atoms with E-state index < -0.39 is 16.0 Å². The lowest BCUT2D eigenvalue weighted by molar-refractivity contribution is 0.0526. The van der Waals surface area contributed by atoms with E-state index in [0.717, 1.165) is 4.47 Å². The van der Waals surface area contributed by atoms with Crippen LogP contribution in [0.5, 0.6) is 0 Å². The molecule has 0 aliphatic rings. The van der Waals surface area contributed by atoms with Crippen LogP contribution >= 0.6 is 27.5 Å². The molecule has 0 bridgehead atoms. The van der Waals surface area contributed by atoms with Crippen molar-refractivity contribution in [1.82, 2.24) is 0 Å². The number of nitrogens with zero attached hydrogens (tertiary/aromatic N) is 1. The van der Waals surface area contributed by atoms with Gasteiger partial charge >= 0.3 is 5.97 Å². The molecule has 0 radical (unpaired) electrons. The number of halogens is 2. The van der Waals surface area contributed by atoms with Gasteiger partial charge in [-0.25, -0.2) is 13.2 Å².